The van der Waals surface area contributed by atoms with E-state index in [1.165, 1.54) is 7.11 Å². The van der Waals surface area contributed by atoms with Gasteiger partial charge in [0, 0.05) is 6.42 Å². The zero-order valence-electron chi connectivity index (χ0n) is 13.3. The summed E-state index contributed by atoms with van der Waals surface area (Å²) in [5, 5.41) is 12.2. The third-order valence-electron chi connectivity index (χ3n) is 3.19. The molecule has 23 heavy (non-hydrogen) atoms. The van der Waals surface area contributed by atoms with Crippen molar-refractivity contribution in [2.45, 2.75) is 44.9 Å². The molecular weight excluding hydrogens is 306 g/mol. The molecule has 1 aromatic rings. The number of hydrogen-bond acceptors (Lipinski definition) is 7. The third kappa shape index (κ3) is 3.50. The smallest absolute Gasteiger partial charge is 0.412 e. The number of fused-ring (bicyclic) bond motifs is 1. The van der Waals surface area contributed by atoms with E-state index in [0.29, 0.717) is 0 Å². The lowest BCUT2D eigenvalue weighted by Gasteiger charge is -2.19. The van der Waals surface area contributed by atoms with E-state index in [2.05, 4.69) is 15.0 Å². The molecule has 0 bridgehead atoms. The van der Waals surface area contributed by atoms with Crippen LogP contribution in [0.1, 0.15) is 45.2 Å². The number of hydrogen-bond donors (Lipinski definition) is 2. The Morgan fingerprint density at radius 1 is 1.43 bits per heavy atom. The van der Waals surface area contributed by atoms with Crippen LogP contribution in [-0.4, -0.2) is 39.4 Å². The minimum absolute atomic E-state index is 0.00912. The summed E-state index contributed by atoms with van der Waals surface area (Å²) in [4.78, 5) is 40.0. The summed E-state index contributed by atoms with van der Waals surface area (Å²) in [6.07, 6.45) is -0.751. The van der Waals surface area contributed by atoms with Crippen molar-refractivity contribution in [3.05, 3.63) is 22.4 Å². The summed E-state index contributed by atoms with van der Waals surface area (Å²) >= 11 is 0. The summed E-state index contributed by atoms with van der Waals surface area (Å²) < 4.78 is 10.7. The average molecular weight is 325 g/mol. The van der Waals surface area contributed by atoms with Gasteiger partial charge in [0.1, 0.15) is 29.3 Å². The number of esters is 1. The van der Waals surface area contributed by atoms with E-state index in [9.17, 15) is 19.5 Å². The summed E-state index contributed by atoms with van der Waals surface area (Å²) in [6.45, 7) is 5.05. The second kappa shape index (κ2) is 5.99. The summed E-state index contributed by atoms with van der Waals surface area (Å²) in [5.74, 6) is -0.610. The van der Waals surface area contributed by atoms with Crippen LogP contribution < -0.4 is 10.9 Å². The number of methoxy groups -OCH3 is 1. The van der Waals surface area contributed by atoms with Gasteiger partial charge in [-0.15, -0.1) is 0 Å². The molecule has 1 amide bonds. The molecule has 0 spiro atoms. The minimum atomic E-state index is -1.05. The van der Waals surface area contributed by atoms with Crippen LogP contribution in [0, 0.1) is 0 Å². The molecule has 0 saturated heterocycles. The van der Waals surface area contributed by atoms with Crippen molar-refractivity contribution in [3.8, 4) is 0 Å². The molecule has 9 heteroatoms. The highest BCUT2D eigenvalue weighted by Gasteiger charge is 2.37. The van der Waals surface area contributed by atoms with Gasteiger partial charge in [-0.05, 0) is 20.8 Å². The molecule has 1 aromatic heterocycles. The predicted molar refractivity (Wildman–Crippen MR) is 79.0 cm³/mol. The van der Waals surface area contributed by atoms with Crippen molar-refractivity contribution < 1.29 is 24.2 Å². The molecule has 2 atom stereocenters. The maximum Gasteiger partial charge on any atom is 0.412 e. The van der Waals surface area contributed by atoms with E-state index >= 15 is 0 Å². The number of aliphatic hydroxyl groups excluding tert-OH is 1. The highest BCUT2D eigenvalue weighted by atomic mass is 16.6. The molecule has 0 aliphatic carbocycles. The molecule has 126 valence electrons. The second-order valence-corrected chi connectivity index (χ2v) is 6.12. The SMILES string of the molecule is COC(=O)[C@@H]1C[C@@H](O)c2ncc(NC(=O)OC(C)(C)C)c(=O)n21. The van der Waals surface area contributed by atoms with Gasteiger partial charge in [-0.1, -0.05) is 0 Å². The van der Waals surface area contributed by atoms with Gasteiger partial charge in [-0.25, -0.2) is 14.6 Å². The van der Waals surface area contributed by atoms with Crippen molar-refractivity contribution >= 4 is 17.7 Å². The van der Waals surface area contributed by atoms with Crippen LogP contribution in [0.3, 0.4) is 0 Å². The van der Waals surface area contributed by atoms with Crippen molar-refractivity contribution in [2.75, 3.05) is 12.4 Å². The Morgan fingerprint density at radius 2 is 2.09 bits per heavy atom. The fourth-order valence-electron chi connectivity index (χ4n) is 2.29. The first-order valence-electron chi connectivity index (χ1n) is 7.01. The largest absolute Gasteiger partial charge is 0.467 e. The van der Waals surface area contributed by atoms with Gasteiger partial charge in [0.2, 0.25) is 0 Å². The lowest BCUT2D eigenvalue weighted by Crippen LogP contribution is -2.33. The Bertz CT molecular complexity index is 691. The minimum Gasteiger partial charge on any atom is -0.467 e. The maximum atomic E-state index is 12.5. The molecule has 0 aromatic carbocycles. The van der Waals surface area contributed by atoms with E-state index in [1.807, 2.05) is 0 Å². The van der Waals surface area contributed by atoms with Gasteiger partial charge < -0.3 is 14.6 Å². The quantitative estimate of drug-likeness (QED) is 0.769. The van der Waals surface area contributed by atoms with Gasteiger partial charge in [-0.2, -0.15) is 0 Å². The Labute approximate surface area is 132 Å². The molecule has 2 N–H and O–H groups in total. The number of aromatic nitrogens is 2. The molecule has 0 unspecified atom stereocenters. The van der Waals surface area contributed by atoms with Gasteiger partial charge >= 0.3 is 12.1 Å². The zero-order valence-corrected chi connectivity index (χ0v) is 13.3. The van der Waals surface area contributed by atoms with E-state index in [-0.39, 0.29) is 17.9 Å². The molecule has 2 rings (SSSR count). The highest BCUT2D eigenvalue weighted by Crippen LogP contribution is 2.32. The maximum absolute atomic E-state index is 12.5. The van der Waals surface area contributed by atoms with Crippen LogP contribution in [0.5, 0.6) is 0 Å². The van der Waals surface area contributed by atoms with Crippen molar-refractivity contribution in [1.82, 2.24) is 9.55 Å². The van der Waals surface area contributed by atoms with Crippen LogP contribution >= 0.6 is 0 Å². The molecule has 0 saturated carbocycles. The molecule has 0 fully saturated rings. The van der Waals surface area contributed by atoms with Gasteiger partial charge in [0.15, 0.2) is 0 Å². The standard InChI is InChI=1S/C14H19N3O6/c1-14(2,3)23-13(21)16-7-6-15-10-9(18)5-8(12(20)22-4)17(10)11(7)19/h6,8-9,18H,5H2,1-4H3,(H,16,21)/t8-,9+/m0/s1. The number of ether oxygens (including phenoxy) is 2. The number of nitrogens with zero attached hydrogens (tertiary/aromatic N) is 2. The first kappa shape index (κ1) is 16.9. The lowest BCUT2D eigenvalue weighted by atomic mass is 10.2. The third-order valence-corrected chi connectivity index (χ3v) is 3.19. The zero-order chi connectivity index (χ0) is 17.4. The Morgan fingerprint density at radius 3 is 2.65 bits per heavy atom. The number of nitrogens with one attached hydrogen (secondary N) is 1. The summed E-state index contributed by atoms with van der Waals surface area (Å²) in [7, 11) is 1.19. The van der Waals surface area contributed by atoms with E-state index < -0.39 is 35.4 Å². The van der Waals surface area contributed by atoms with Crippen molar-refractivity contribution in [2.24, 2.45) is 0 Å². The predicted octanol–water partition coefficient (Wildman–Crippen LogP) is 0.741. The summed E-state index contributed by atoms with van der Waals surface area (Å²) in [5.41, 5.74) is -1.53. The Kier molecular flexibility index (Phi) is 4.42. The highest BCUT2D eigenvalue weighted by molar-refractivity contribution is 5.84. The fourth-order valence-corrected chi connectivity index (χ4v) is 2.29. The Balaban J connectivity index is 2.34. The molecule has 9 nitrogen and oxygen atoms in total. The topological polar surface area (TPSA) is 120 Å². The Hall–Kier alpha value is -2.42. The van der Waals surface area contributed by atoms with E-state index in [4.69, 9.17) is 4.74 Å². The van der Waals surface area contributed by atoms with Crippen LogP contribution in [0.15, 0.2) is 11.0 Å². The van der Waals surface area contributed by atoms with Crippen molar-refractivity contribution in [3.63, 3.8) is 0 Å². The molecule has 0 radical (unpaired) electrons. The van der Waals surface area contributed by atoms with Gasteiger partial charge in [-0.3, -0.25) is 14.7 Å². The van der Waals surface area contributed by atoms with E-state index in [1.54, 1.807) is 20.8 Å². The monoisotopic (exact) mass is 325 g/mol. The summed E-state index contributed by atoms with van der Waals surface area (Å²) in [6, 6.07) is -0.981. The first-order valence-corrected chi connectivity index (χ1v) is 7.01. The molecule has 1 aliphatic heterocycles. The number of amides is 1. The number of carbonyl (C=O) groups is 2. The van der Waals surface area contributed by atoms with Crippen LogP contribution in [-0.2, 0) is 14.3 Å². The average Bonchev–Trinajstić information content (AvgIpc) is 2.77. The van der Waals surface area contributed by atoms with Gasteiger partial charge in [0.05, 0.1) is 13.3 Å². The van der Waals surface area contributed by atoms with Crippen LogP contribution in [0.25, 0.3) is 0 Å². The normalized spacial score (nSPS) is 19.9. The number of carbonyl (C=O) groups excluding carboxylic acids is 2. The molecule has 2 heterocycles. The van der Waals surface area contributed by atoms with Crippen molar-refractivity contribution in [1.29, 1.82) is 0 Å². The molecule has 1 aliphatic rings. The van der Waals surface area contributed by atoms with Crippen LogP contribution in [0.4, 0.5) is 10.5 Å². The number of rotatable bonds is 2. The molecular formula is C14H19N3O6. The number of anilines is 1. The first-order chi connectivity index (χ1) is 10.6. The number of aliphatic hydroxyl groups is 1. The van der Waals surface area contributed by atoms with Gasteiger partial charge in [0.25, 0.3) is 5.56 Å². The second-order valence-electron chi connectivity index (χ2n) is 6.12. The fraction of sp³-hybridized carbons (Fsp3) is 0.571. The van der Waals surface area contributed by atoms with E-state index in [0.717, 1.165) is 10.8 Å². The van der Waals surface area contributed by atoms with Crippen LogP contribution in [0.2, 0.25) is 0 Å². The lowest BCUT2D eigenvalue weighted by molar-refractivity contribution is -0.144.